The number of nitrogens with one attached hydrogen (secondary N) is 1. The van der Waals surface area contributed by atoms with Gasteiger partial charge < -0.3 is 15.5 Å². The third kappa shape index (κ3) is 4.05. The van der Waals surface area contributed by atoms with E-state index in [0.717, 1.165) is 0 Å². The summed E-state index contributed by atoms with van der Waals surface area (Å²) in [5.74, 6) is -1.25. The molecular weight excluding hydrogens is 284 g/mol. The number of carboxylic acids is 1. The molecule has 3 N–H and O–H groups in total. The Hall–Kier alpha value is -1.92. The fraction of sp³-hybridized carbons (Fsp3) is 0.500. The van der Waals surface area contributed by atoms with Gasteiger partial charge in [0.15, 0.2) is 6.10 Å². The molecule has 6 nitrogen and oxygen atoms in total. The summed E-state index contributed by atoms with van der Waals surface area (Å²) in [6.45, 7) is 2.62. The molecule has 1 amide bonds. The molecule has 1 aliphatic rings. The number of hydrogen-bond donors (Lipinski definition) is 3. The zero-order chi connectivity index (χ0) is 16.1. The van der Waals surface area contributed by atoms with Crippen LogP contribution in [0, 0.1) is 0 Å². The SMILES string of the molecule is CCN(CC(=O)O)C1CC(NC(=O)[C@@H](O)c2ccccc2)C1. The molecule has 0 aliphatic heterocycles. The van der Waals surface area contributed by atoms with Crippen molar-refractivity contribution in [2.24, 2.45) is 0 Å². The first-order chi connectivity index (χ1) is 10.5. The van der Waals surface area contributed by atoms with Crippen molar-refractivity contribution < 1.29 is 19.8 Å². The van der Waals surface area contributed by atoms with Crippen LogP contribution in [-0.4, -0.2) is 52.2 Å². The third-order valence-corrected chi connectivity index (χ3v) is 4.08. The van der Waals surface area contributed by atoms with Crippen molar-refractivity contribution in [3.63, 3.8) is 0 Å². The van der Waals surface area contributed by atoms with Gasteiger partial charge in [0.05, 0.1) is 6.54 Å². The van der Waals surface area contributed by atoms with Gasteiger partial charge in [-0.1, -0.05) is 37.3 Å². The molecule has 0 radical (unpaired) electrons. The molecule has 0 spiro atoms. The van der Waals surface area contributed by atoms with Gasteiger partial charge in [-0.3, -0.25) is 14.5 Å². The number of carbonyl (C=O) groups is 2. The van der Waals surface area contributed by atoms with Crippen molar-refractivity contribution in [3.8, 4) is 0 Å². The van der Waals surface area contributed by atoms with Crippen LogP contribution in [0.3, 0.4) is 0 Å². The largest absolute Gasteiger partial charge is 0.480 e. The Kier molecular flexibility index (Phi) is 5.51. The second kappa shape index (κ2) is 7.38. The van der Waals surface area contributed by atoms with E-state index in [1.165, 1.54) is 0 Å². The number of hydrogen-bond acceptors (Lipinski definition) is 4. The number of aliphatic carboxylic acids is 1. The summed E-state index contributed by atoms with van der Waals surface area (Å²) in [7, 11) is 0. The van der Waals surface area contributed by atoms with Crippen LogP contribution in [-0.2, 0) is 9.59 Å². The Balaban J connectivity index is 1.79. The van der Waals surface area contributed by atoms with Crippen molar-refractivity contribution >= 4 is 11.9 Å². The predicted molar refractivity (Wildman–Crippen MR) is 81.2 cm³/mol. The molecule has 0 heterocycles. The van der Waals surface area contributed by atoms with Gasteiger partial charge in [0.2, 0.25) is 0 Å². The molecule has 22 heavy (non-hydrogen) atoms. The molecule has 1 aliphatic carbocycles. The van der Waals surface area contributed by atoms with Crippen molar-refractivity contribution in [1.29, 1.82) is 0 Å². The van der Waals surface area contributed by atoms with Gasteiger partial charge in [-0.2, -0.15) is 0 Å². The Morgan fingerprint density at radius 1 is 1.32 bits per heavy atom. The molecule has 0 aromatic heterocycles. The fourth-order valence-electron chi connectivity index (χ4n) is 2.74. The Labute approximate surface area is 129 Å². The van der Waals surface area contributed by atoms with E-state index >= 15 is 0 Å². The Morgan fingerprint density at radius 3 is 2.50 bits per heavy atom. The molecule has 2 rings (SSSR count). The number of amides is 1. The third-order valence-electron chi connectivity index (χ3n) is 4.08. The number of benzene rings is 1. The Bertz CT molecular complexity index is 514. The van der Waals surface area contributed by atoms with Crippen LogP contribution in [0.25, 0.3) is 0 Å². The maximum absolute atomic E-state index is 12.0. The van der Waals surface area contributed by atoms with Crippen LogP contribution < -0.4 is 5.32 Å². The van der Waals surface area contributed by atoms with Gasteiger partial charge in [0.25, 0.3) is 5.91 Å². The van der Waals surface area contributed by atoms with E-state index in [1.54, 1.807) is 24.3 Å². The fourth-order valence-corrected chi connectivity index (χ4v) is 2.74. The van der Waals surface area contributed by atoms with E-state index < -0.39 is 18.0 Å². The molecule has 120 valence electrons. The van der Waals surface area contributed by atoms with Gasteiger partial charge in [0.1, 0.15) is 0 Å². The topological polar surface area (TPSA) is 89.9 Å². The van der Waals surface area contributed by atoms with Gasteiger partial charge in [-0.15, -0.1) is 0 Å². The summed E-state index contributed by atoms with van der Waals surface area (Å²) < 4.78 is 0. The lowest BCUT2D eigenvalue weighted by Gasteiger charge is -2.42. The van der Waals surface area contributed by atoms with E-state index in [9.17, 15) is 14.7 Å². The van der Waals surface area contributed by atoms with E-state index in [2.05, 4.69) is 5.32 Å². The highest BCUT2D eigenvalue weighted by atomic mass is 16.4. The first-order valence-corrected chi connectivity index (χ1v) is 7.50. The van der Waals surface area contributed by atoms with Crippen molar-refractivity contribution in [2.45, 2.75) is 38.0 Å². The van der Waals surface area contributed by atoms with Gasteiger partial charge in [-0.05, 0) is 24.9 Å². The minimum Gasteiger partial charge on any atom is -0.480 e. The smallest absolute Gasteiger partial charge is 0.317 e. The maximum atomic E-state index is 12.0. The van der Waals surface area contributed by atoms with Crippen LogP contribution in [0.5, 0.6) is 0 Å². The molecule has 1 fully saturated rings. The lowest BCUT2D eigenvalue weighted by molar-refractivity contribution is -0.140. The normalized spacial score (nSPS) is 22.0. The van der Waals surface area contributed by atoms with E-state index in [0.29, 0.717) is 24.9 Å². The summed E-state index contributed by atoms with van der Waals surface area (Å²) >= 11 is 0. The quantitative estimate of drug-likeness (QED) is 0.692. The number of carboxylic acid groups (broad SMARTS) is 1. The predicted octanol–water partition coefficient (Wildman–Crippen LogP) is 0.774. The first kappa shape index (κ1) is 16.5. The second-order valence-corrected chi connectivity index (χ2v) is 5.60. The van der Waals surface area contributed by atoms with E-state index in [1.807, 2.05) is 17.9 Å². The number of aliphatic hydroxyl groups excluding tert-OH is 1. The van der Waals surface area contributed by atoms with E-state index in [4.69, 9.17) is 5.11 Å². The number of likely N-dealkylation sites (N-methyl/N-ethyl adjacent to an activating group) is 1. The van der Waals surface area contributed by atoms with Crippen molar-refractivity contribution in [2.75, 3.05) is 13.1 Å². The summed E-state index contributed by atoms with van der Waals surface area (Å²) in [5, 5.41) is 21.7. The molecule has 0 saturated heterocycles. The Morgan fingerprint density at radius 2 is 1.95 bits per heavy atom. The van der Waals surface area contributed by atoms with Crippen LogP contribution in [0.1, 0.15) is 31.4 Å². The maximum Gasteiger partial charge on any atom is 0.317 e. The van der Waals surface area contributed by atoms with Crippen LogP contribution in [0.4, 0.5) is 0 Å². The minimum atomic E-state index is -1.17. The van der Waals surface area contributed by atoms with Crippen LogP contribution in [0.2, 0.25) is 0 Å². The lowest BCUT2D eigenvalue weighted by atomic mass is 9.85. The summed E-state index contributed by atoms with van der Waals surface area (Å²) in [6, 6.07) is 8.97. The molecule has 1 atom stereocenters. The molecule has 0 bridgehead atoms. The summed E-state index contributed by atoms with van der Waals surface area (Å²) in [6.07, 6.45) is 0.268. The molecular formula is C16H22N2O4. The molecule has 0 unspecified atom stereocenters. The average Bonchev–Trinajstić information content (AvgIpc) is 2.48. The molecule has 1 aromatic rings. The first-order valence-electron chi connectivity index (χ1n) is 7.50. The number of nitrogens with zero attached hydrogens (tertiary/aromatic N) is 1. The van der Waals surface area contributed by atoms with Gasteiger partial charge in [-0.25, -0.2) is 0 Å². The highest BCUT2D eigenvalue weighted by molar-refractivity contribution is 5.82. The molecule has 6 heteroatoms. The summed E-state index contributed by atoms with van der Waals surface area (Å²) in [5.41, 5.74) is 0.567. The average molecular weight is 306 g/mol. The zero-order valence-corrected chi connectivity index (χ0v) is 12.6. The standard InChI is InChI=1S/C16H22N2O4/c1-2-18(10-14(19)20)13-8-12(9-13)17-16(22)15(21)11-6-4-3-5-7-11/h3-7,12-13,15,21H,2,8-10H2,1H3,(H,17,22)(H,19,20)/t12?,13?,15-/m0/s1. The lowest BCUT2D eigenvalue weighted by Crippen LogP contribution is -2.55. The highest BCUT2D eigenvalue weighted by Gasteiger charge is 2.35. The zero-order valence-electron chi connectivity index (χ0n) is 12.6. The van der Waals surface area contributed by atoms with E-state index in [-0.39, 0.29) is 18.6 Å². The highest BCUT2D eigenvalue weighted by Crippen LogP contribution is 2.26. The van der Waals surface area contributed by atoms with Gasteiger partial charge >= 0.3 is 5.97 Å². The summed E-state index contributed by atoms with van der Waals surface area (Å²) in [4.78, 5) is 24.7. The van der Waals surface area contributed by atoms with Gasteiger partial charge in [0, 0.05) is 12.1 Å². The van der Waals surface area contributed by atoms with Crippen molar-refractivity contribution in [1.82, 2.24) is 10.2 Å². The van der Waals surface area contributed by atoms with Crippen molar-refractivity contribution in [3.05, 3.63) is 35.9 Å². The number of carbonyl (C=O) groups excluding carboxylic acids is 1. The molecule has 1 saturated carbocycles. The van der Waals surface area contributed by atoms with Crippen LogP contribution in [0.15, 0.2) is 30.3 Å². The second-order valence-electron chi connectivity index (χ2n) is 5.60. The minimum absolute atomic E-state index is 0.00120. The number of rotatable bonds is 7. The van der Waals surface area contributed by atoms with Crippen LogP contribution >= 0.6 is 0 Å². The number of aliphatic hydroxyl groups is 1. The monoisotopic (exact) mass is 306 g/mol. The molecule has 1 aromatic carbocycles.